The lowest BCUT2D eigenvalue weighted by molar-refractivity contribution is 0.178. The third-order valence-corrected chi connectivity index (χ3v) is 1.48. The second kappa shape index (κ2) is 10.9. The van der Waals surface area contributed by atoms with E-state index < -0.39 is 0 Å². The van der Waals surface area contributed by atoms with Crippen LogP contribution in [0.2, 0.25) is 0 Å². The number of hydrogen-bond donors (Lipinski definition) is 0. The van der Waals surface area contributed by atoms with Gasteiger partial charge in [-0.1, -0.05) is 31.2 Å². The number of allylic oxidation sites excluding steroid dienone is 2. The average Bonchev–Trinajstić information content (AvgIpc) is 2.20. The van der Waals surface area contributed by atoms with Crippen LogP contribution in [-0.4, -0.2) is 13.2 Å². The summed E-state index contributed by atoms with van der Waals surface area (Å²) in [5.41, 5.74) is 0. The first-order valence-corrected chi connectivity index (χ1v) is 4.19. The van der Waals surface area contributed by atoms with Gasteiger partial charge in [0.2, 0.25) is 0 Å². The Morgan fingerprint density at radius 2 is 1.31 bits per heavy atom. The summed E-state index contributed by atoms with van der Waals surface area (Å²) in [6.45, 7) is 16.2. The minimum atomic E-state index is 0.0139. The number of methoxy groups -OCH3 is 1. The Morgan fingerprint density at radius 1 is 0.923 bits per heavy atom. The third-order valence-electron chi connectivity index (χ3n) is 1.48. The molecule has 0 aromatic heterocycles. The predicted octanol–water partition coefficient (Wildman–Crippen LogP) is 3.37. The van der Waals surface area contributed by atoms with Gasteiger partial charge in [0.25, 0.3) is 0 Å². The van der Waals surface area contributed by atoms with Crippen LogP contribution < -0.4 is 0 Å². The van der Waals surface area contributed by atoms with E-state index in [-0.39, 0.29) is 6.10 Å². The first-order chi connectivity index (χ1) is 6.15. The minimum Gasteiger partial charge on any atom is -0.373 e. The molecule has 0 fully saturated rings. The summed E-state index contributed by atoms with van der Waals surface area (Å²) in [5.74, 6) is 0.463. The quantitative estimate of drug-likeness (QED) is 0.589. The van der Waals surface area contributed by atoms with Crippen LogP contribution in [0, 0.1) is 5.92 Å². The lowest BCUT2D eigenvalue weighted by atomic mass is 10.2. The van der Waals surface area contributed by atoms with Crippen molar-refractivity contribution in [3.63, 3.8) is 0 Å². The summed E-state index contributed by atoms with van der Waals surface area (Å²) in [6.07, 6.45) is 7.10. The van der Waals surface area contributed by atoms with E-state index in [1.807, 2.05) is 19.1 Å². The number of rotatable bonds is 5. The summed E-state index contributed by atoms with van der Waals surface area (Å²) in [6, 6.07) is 0. The largest absolute Gasteiger partial charge is 0.373 e. The molecular weight excluding hydrogens is 160 g/mol. The Kier molecular flexibility index (Phi) is 12.1. The van der Waals surface area contributed by atoms with Crippen LogP contribution in [0.1, 0.15) is 6.92 Å². The summed E-state index contributed by atoms with van der Waals surface area (Å²) >= 11 is 0. The van der Waals surface area contributed by atoms with Gasteiger partial charge in [-0.15, -0.1) is 26.3 Å². The van der Waals surface area contributed by atoms with Gasteiger partial charge in [-0.25, -0.2) is 0 Å². The van der Waals surface area contributed by atoms with Crippen LogP contribution in [0.15, 0.2) is 50.6 Å². The molecule has 0 aliphatic carbocycles. The van der Waals surface area contributed by atoms with Gasteiger partial charge >= 0.3 is 0 Å². The molecule has 0 amide bonds. The average molecular weight is 180 g/mol. The monoisotopic (exact) mass is 180 g/mol. The SMILES string of the molecule is C=CC(C)C=C.C=CC(C=C)OC. The van der Waals surface area contributed by atoms with Crippen LogP contribution >= 0.6 is 0 Å². The highest BCUT2D eigenvalue weighted by Crippen LogP contribution is 1.92. The second-order valence-electron chi connectivity index (χ2n) is 2.50. The summed E-state index contributed by atoms with van der Waals surface area (Å²) < 4.78 is 4.81. The molecule has 1 heteroatoms. The fourth-order valence-electron chi connectivity index (χ4n) is 0.385. The van der Waals surface area contributed by atoms with E-state index in [2.05, 4.69) is 26.3 Å². The molecule has 0 saturated heterocycles. The fraction of sp³-hybridized carbons (Fsp3) is 0.333. The van der Waals surface area contributed by atoms with Crippen LogP contribution in [0.4, 0.5) is 0 Å². The summed E-state index contributed by atoms with van der Waals surface area (Å²) in [7, 11) is 1.62. The predicted molar refractivity (Wildman–Crippen MR) is 60.7 cm³/mol. The van der Waals surface area contributed by atoms with Crippen LogP contribution in [0.5, 0.6) is 0 Å². The van der Waals surface area contributed by atoms with Crippen molar-refractivity contribution < 1.29 is 4.74 Å². The third kappa shape index (κ3) is 10.9. The highest BCUT2D eigenvalue weighted by molar-refractivity contribution is 4.93. The molecule has 0 saturated carbocycles. The normalized spacial score (nSPS) is 8.62. The Labute approximate surface area is 82.1 Å². The number of ether oxygens (including phenoxy) is 1. The van der Waals surface area contributed by atoms with Gasteiger partial charge in [0.1, 0.15) is 0 Å². The van der Waals surface area contributed by atoms with Gasteiger partial charge in [0.15, 0.2) is 0 Å². The Balaban J connectivity index is 0. The maximum absolute atomic E-state index is 4.81. The van der Waals surface area contributed by atoms with E-state index in [1.54, 1.807) is 19.3 Å². The highest BCUT2D eigenvalue weighted by Gasteiger charge is 1.88. The van der Waals surface area contributed by atoms with Crippen molar-refractivity contribution in [3.8, 4) is 0 Å². The van der Waals surface area contributed by atoms with E-state index in [4.69, 9.17) is 4.74 Å². The molecule has 0 spiro atoms. The molecule has 0 bridgehead atoms. The van der Waals surface area contributed by atoms with Crippen LogP contribution in [0.3, 0.4) is 0 Å². The molecule has 0 aliphatic rings. The zero-order valence-electron chi connectivity index (χ0n) is 8.70. The molecular formula is C12H20O. The van der Waals surface area contributed by atoms with Crippen molar-refractivity contribution in [3.05, 3.63) is 50.6 Å². The van der Waals surface area contributed by atoms with Crippen molar-refractivity contribution in [1.29, 1.82) is 0 Å². The van der Waals surface area contributed by atoms with Gasteiger partial charge in [-0.05, 0) is 5.92 Å². The van der Waals surface area contributed by atoms with E-state index in [0.717, 1.165) is 0 Å². The van der Waals surface area contributed by atoms with E-state index >= 15 is 0 Å². The van der Waals surface area contributed by atoms with Gasteiger partial charge in [0.05, 0.1) is 6.10 Å². The lowest BCUT2D eigenvalue weighted by Crippen LogP contribution is -1.99. The van der Waals surface area contributed by atoms with Gasteiger partial charge < -0.3 is 4.74 Å². The molecule has 0 rings (SSSR count). The van der Waals surface area contributed by atoms with E-state index in [9.17, 15) is 0 Å². The second-order valence-corrected chi connectivity index (χ2v) is 2.50. The highest BCUT2D eigenvalue weighted by atomic mass is 16.5. The molecule has 0 aromatic carbocycles. The van der Waals surface area contributed by atoms with Gasteiger partial charge in [-0.3, -0.25) is 0 Å². The molecule has 0 atom stereocenters. The summed E-state index contributed by atoms with van der Waals surface area (Å²) in [4.78, 5) is 0. The van der Waals surface area contributed by atoms with Crippen molar-refractivity contribution in [2.24, 2.45) is 5.92 Å². The van der Waals surface area contributed by atoms with E-state index in [1.165, 1.54) is 0 Å². The van der Waals surface area contributed by atoms with Gasteiger partial charge in [0, 0.05) is 7.11 Å². The maximum atomic E-state index is 4.81. The smallest absolute Gasteiger partial charge is 0.0928 e. The van der Waals surface area contributed by atoms with Crippen LogP contribution in [-0.2, 0) is 4.74 Å². The zero-order chi connectivity index (χ0) is 10.7. The molecule has 74 valence electrons. The number of hydrogen-bond acceptors (Lipinski definition) is 1. The Bertz CT molecular complexity index is 143. The minimum absolute atomic E-state index is 0.0139. The Morgan fingerprint density at radius 3 is 1.31 bits per heavy atom. The Hall–Kier alpha value is -1.08. The van der Waals surface area contributed by atoms with Crippen molar-refractivity contribution >= 4 is 0 Å². The van der Waals surface area contributed by atoms with E-state index in [0.29, 0.717) is 5.92 Å². The summed E-state index contributed by atoms with van der Waals surface area (Å²) in [5, 5.41) is 0. The molecule has 1 nitrogen and oxygen atoms in total. The van der Waals surface area contributed by atoms with Crippen molar-refractivity contribution in [2.75, 3.05) is 7.11 Å². The molecule has 0 unspecified atom stereocenters. The van der Waals surface area contributed by atoms with Crippen LogP contribution in [0.25, 0.3) is 0 Å². The zero-order valence-corrected chi connectivity index (χ0v) is 8.70. The van der Waals surface area contributed by atoms with Crippen molar-refractivity contribution in [1.82, 2.24) is 0 Å². The van der Waals surface area contributed by atoms with Gasteiger partial charge in [-0.2, -0.15) is 0 Å². The molecule has 13 heavy (non-hydrogen) atoms. The molecule has 0 aliphatic heterocycles. The topological polar surface area (TPSA) is 9.23 Å². The lowest BCUT2D eigenvalue weighted by Gasteiger charge is -1.99. The molecule has 0 aromatic rings. The standard InChI is InChI=1S/C6H10O.C6H10/c1-4-6(5-2)7-3;1-4-6(3)5-2/h4-6H,1-2H2,3H3;4-6H,1-2H2,3H3. The fourth-order valence-corrected chi connectivity index (χ4v) is 0.385. The maximum Gasteiger partial charge on any atom is 0.0928 e. The first-order valence-electron chi connectivity index (χ1n) is 4.19. The molecule has 0 N–H and O–H groups in total. The van der Waals surface area contributed by atoms with Crippen molar-refractivity contribution in [2.45, 2.75) is 13.0 Å². The first kappa shape index (κ1) is 14.4. The molecule has 0 heterocycles. The molecule has 0 radical (unpaired) electrons.